The zero-order chi connectivity index (χ0) is 22.5. The van der Waals surface area contributed by atoms with Gasteiger partial charge >= 0.3 is 0 Å². The minimum atomic E-state index is -2.72. The van der Waals surface area contributed by atoms with E-state index in [1.807, 2.05) is 11.8 Å². The lowest BCUT2D eigenvalue weighted by Crippen LogP contribution is -2.39. The van der Waals surface area contributed by atoms with Gasteiger partial charge in [-0.3, -0.25) is 4.79 Å². The molecule has 0 unspecified atom stereocenters. The van der Waals surface area contributed by atoms with Gasteiger partial charge in [0.05, 0.1) is 11.4 Å². The van der Waals surface area contributed by atoms with Gasteiger partial charge < -0.3 is 4.90 Å². The summed E-state index contributed by atoms with van der Waals surface area (Å²) in [5, 5.41) is 4.48. The molecule has 8 heteroatoms. The van der Waals surface area contributed by atoms with Crippen molar-refractivity contribution in [3.63, 3.8) is 0 Å². The van der Waals surface area contributed by atoms with E-state index < -0.39 is 17.7 Å². The summed E-state index contributed by atoms with van der Waals surface area (Å²) in [6.45, 7) is 2.69. The van der Waals surface area contributed by atoms with E-state index in [-0.39, 0.29) is 30.5 Å². The third-order valence-electron chi connectivity index (χ3n) is 6.65. The Balaban J connectivity index is 1.60. The van der Waals surface area contributed by atoms with Gasteiger partial charge in [-0.15, -0.1) is 0 Å². The predicted molar refractivity (Wildman–Crippen MR) is 114 cm³/mol. The summed E-state index contributed by atoms with van der Waals surface area (Å²) in [6.07, 6.45) is 3.43. The zero-order valence-corrected chi connectivity index (χ0v) is 17.9. The highest BCUT2D eigenvalue weighted by molar-refractivity contribution is 5.93. The van der Waals surface area contributed by atoms with Crippen LogP contribution in [0, 0.1) is 5.82 Å². The lowest BCUT2D eigenvalue weighted by Gasteiger charge is -2.35. The highest BCUT2D eigenvalue weighted by atomic mass is 19.3. The molecule has 2 aromatic heterocycles. The van der Waals surface area contributed by atoms with Crippen LogP contribution in [0.15, 0.2) is 36.4 Å². The maximum absolute atomic E-state index is 14.3. The second-order valence-electron chi connectivity index (χ2n) is 9.00. The van der Waals surface area contributed by atoms with Crippen molar-refractivity contribution in [3.05, 3.63) is 53.6 Å². The summed E-state index contributed by atoms with van der Waals surface area (Å²) < 4.78 is 43.2. The Morgan fingerprint density at radius 2 is 1.91 bits per heavy atom. The maximum atomic E-state index is 14.3. The number of hydrogen-bond acceptors (Lipinski definition) is 3. The molecule has 2 aliphatic rings. The second-order valence-corrected chi connectivity index (χ2v) is 9.00. The lowest BCUT2D eigenvalue weighted by atomic mass is 9.79. The van der Waals surface area contributed by atoms with E-state index in [2.05, 4.69) is 10.1 Å². The first kappa shape index (κ1) is 21.0. The highest BCUT2D eigenvalue weighted by Crippen LogP contribution is 2.48. The number of hydrogen-bond donors (Lipinski definition) is 0. The SMILES string of the molecule is C[C@@H]1CCCCCN1C(=O)c1cc(C2CC(F)(F)C2)n2nc(-c3ccccc3F)cc2n1. The largest absolute Gasteiger partial charge is 0.335 e. The van der Waals surface area contributed by atoms with E-state index in [9.17, 15) is 18.0 Å². The van der Waals surface area contributed by atoms with Crippen molar-refractivity contribution < 1.29 is 18.0 Å². The van der Waals surface area contributed by atoms with Gasteiger partial charge in [0, 0.05) is 43.0 Å². The molecule has 1 amide bonds. The number of carbonyl (C=O) groups is 1. The van der Waals surface area contributed by atoms with Crippen molar-refractivity contribution in [2.24, 2.45) is 0 Å². The van der Waals surface area contributed by atoms with E-state index in [0.29, 0.717) is 29.1 Å². The third-order valence-corrected chi connectivity index (χ3v) is 6.65. The van der Waals surface area contributed by atoms with Crippen molar-refractivity contribution in [3.8, 4) is 11.3 Å². The third kappa shape index (κ3) is 3.76. The van der Waals surface area contributed by atoms with Gasteiger partial charge in [0.25, 0.3) is 5.91 Å². The molecule has 1 atom stereocenters. The molecule has 1 aliphatic heterocycles. The summed E-state index contributed by atoms with van der Waals surface area (Å²) in [4.78, 5) is 19.7. The number of amides is 1. The molecule has 168 valence electrons. The average Bonchev–Trinajstić information content (AvgIpc) is 3.05. The smallest absolute Gasteiger partial charge is 0.272 e. The zero-order valence-electron chi connectivity index (χ0n) is 17.9. The van der Waals surface area contributed by atoms with Crippen LogP contribution in [0.2, 0.25) is 0 Å². The fourth-order valence-corrected chi connectivity index (χ4v) is 4.79. The number of fused-ring (bicyclic) bond motifs is 1. The van der Waals surface area contributed by atoms with Crippen LogP contribution < -0.4 is 0 Å². The van der Waals surface area contributed by atoms with Crippen LogP contribution in [0.4, 0.5) is 13.2 Å². The van der Waals surface area contributed by atoms with E-state index in [1.54, 1.807) is 30.3 Å². The van der Waals surface area contributed by atoms with Gasteiger partial charge in [-0.05, 0) is 38.0 Å². The van der Waals surface area contributed by atoms with Crippen LogP contribution in [-0.4, -0.2) is 43.9 Å². The molecule has 32 heavy (non-hydrogen) atoms. The quantitative estimate of drug-likeness (QED) is 0.542. The Kier molecular flexibility index (Phi) is 5.18. The fourth-order valence-electron chi connectivity index (χ4n) is 4.79. The van der Waals surface area contributed by atoms with Crippen molar-refractivity contribution >= 4 is 11.6 Å². The molecule has 2 fully saturated rings. The summed E-state index contributed by atoms with van der Waals surface area (Å²) >= 11 is 0. The Hall–Kier alpha value is -2.90. The summed E-state index contributed by atoms with van der Waals surface area (Å²) in [5.41, 5.74) is 1.78. The molecule has 1 saturated carbocycles. The highest BCUT2D eigenvalue weighted by Gasteiger charge is 2.47. The van der Waals surface area contributed by atoms with E-state index in [1.165, 1.54) is 10.6 Å². The summed E-state index contributed by atoms with van der Waals surface area (Å²) in [5.74, 6) is -3.77. The number of rotatable bonds is 3. The van der Waals surface area contributed by atoms with E-state index >= 15 is 0 Å². The number of carbonyl (C=O) groups excluding carboxylic acids is 1. The molecule has 1 aliphatic carbocycles. The van der Waals surface area contributed by atoms with Gasteiger partial charge in [0.2, 0.25) is 5.92 Å². The van der Waals surface area contributed by atoms with Crippen LogP contribution in [0.5, 0.6) is 0 Å². The first-order valence-electron chi connectivity index (χ1n) is 11.2. The van der Waals surface area contributed by atoms with Crippen LogP contribution in [0.3, 0.4) is 0 Å². The number of aromatic nitrogens is 3. The summed E-state index contributed by atoms with van der Waals surface area (Å²) in [7, 11) is 0. The van der Waals surface area contributed by atoms with E-state index in [4.69, 9.17) is 0 Å². The van der Waals surface area contributed by atoms with Crippen molar-refractivity contribution in [1.82, 2.24) is 19.5 Å². The normalized spacial score (nSPS) is 21.4. The maximum Gasteiger partial charge on any atom is 0.272 e. The molecule has 1 aromatic carbocycles. The minimum absolute atomic E-state index is 0.0957. The number of likely N-dealkylation sites (tertiary alicyclic amines) is 1. The molecule has 0 bridgehead atoms. The molecule has 0 spiro atoms. The number of nitrogens with zero attached hydrogens (tertiary/aromatic N) is 4. The van der Waals surface area contributed by atoms with Gasteiger partial charge in [-0.25, -0.2) is 22.7 Å². The Morgan fingerprint density at radius 1 is 1.12 bits per heavy atom. The lowest BCUT2D eigenvalue weighted by molar-refractivity contribution is -0.0879. The molecule has 3 heterocycles. The van der Waals surface area contributed by atoms with Crippen molar-refractivity contribution in [2.75, 3.05) is 6.54 Å². The molecule has 0 radical (unpaired) electrons. The Labute approximate surface area is 184 Å². The van der Waals surface area contributed by atoms with Crippen LogP contribution >= 0.6 is 0 Å². The topological polar surface area (TPSA) is 50.5 Å². The van der Waals surface area contributed by atoms with Gasteiger partial charge in [0.15, 0.2) is 5.65 Å². The number of alkyl halides is 2. The van der Waals surface area contributed by atoms with Crippen molar-refractivity contribution in [1.29, 1.82) is 0 Å². The summed E-state index contributed by atoms with van der Waals surface area (Å²) in [6, 6.07) is 9.56. The van der Waals surface area contributed by atoms with Crippen molar-refractivity contribution in [2.45, 2.75) is 63.3 Å². The molecule has 1 saturated heterocycles. The number of halogens is 3. The first-order valence-corrected chi connectivity index (χ1v) is 11.2. The van der Waals surface area contributed by atoms with Crippen LogP contribution in [-0.2, 0) is 0 Å². The molecular formula is C24H25F3N4O. The van der Waals surface area contributed by atoms with Crippen LogP contribution in [0.1, 0.15) is 67.5 Å². The Bertz CT molecular complexity index is 1170. The van der Waals surface area contributed by atoms with E-state index in [0.717, 1.165) is 25.7 Å². The molecule has 5 nitrogen and oxygen atoms in total. The second kappa shape index (κ2) is 7.90. The number of benzene rings is 1. The van der Waals surface area contributed by atoms with Crippen LogP contribution in [0.25, 0.3) is 16.9 Å². The molecule has 3 aromatic rings. The molecular weight excluding hydrogens is 417 g/mol. The predicted octanol–water partition coefficient (Wildman–Crippen LogP) is 5.45. The monoisotopic (exact) mass is 442 g/mol. The standard InChI is InChI=1S/C24H25F3N4O/c1-15-7-3-2-6-10-30(15)23(32)20-11-21(16-13-24(26,27)14-16)31-22(28-20)12-19(29-31)17-8-4-5-9-18(17)25/h4-5,8-9,11-12,15-16H,2-3,6-7,10,13-14H2,1H3/t15-/m1/s1. The van der Waals surface area contributed by atoms with Gasteiger partial charge in [0.1, 0.15) is 11.5 Å². The van der Waals surface area contributed by atoms with Gasteiger partial charge in [-0.2, -0.15) is 5.10 Å². The Morgan fingerprint density at radius 3 is 2.66 bits per heavy atom. The van der Waals surface area contributed by atoms with Gasteiger partial charge in [-0.1, -0.05) is 25.0 Å². The average molecular weight is 442 g/mol. The minimum Gasteiger partial charge on any atom is -0.335 e. The molecule has 5 rings (SSSR count). The molecule has 0 N–H and O–H groups in total. The first-order chi connectivity index (χ1) is 15.3. The fraction of sp³-hybridized carbons (Fsp3) is 0.458.